The van der Waals surface area contributed by atoms with E-state index in [-0.39, 0.29) is 0 Å². The van der Waals surface area contributed by atoms with Crippen LogP contribution in [0.5, 0.6) is 0 Å². The van der Waals surface area contributed by atoms with Gasteiger partial charge in [0.1, 0.15) is 10.9 Å². The number of hydrogen-bond donors (Lipinski definition) is 1. The molecule has 1 aromatic rings. The van der Waals surface area contributed by atoms with Crippen LogP contribution in [0, 0.1) is 13.8 Å². The molecule has 1 heterocycles. The van der Waals surface area contributed by atoms with Gasteiger partial charge in [0.15, 0.2) is 0 Å². The number of aryl methyl sites for hydroxylation is 2. The van der Waals surface area contributed by atoms with Gasteiger partial charge in [0.2, 0.25) is 0 Å². The van der Waals surface area contributed by atoms with Crippen LogP contribution in [0.4, 0.5) is 0 Å². The second kappa shape index (κ2) is 3.87. The molecule has 1 aromatic heterocycles. The molecule has 2 N–H and O–H groups in total. The third-order valence-electron chi connectivity index (χ3n) is 1.69. The van der Waals surface area contributed by atoms with Crippen LogP contribution in [0.15, 0.2) is 5.03 Å². The predicted molar refractivity (Wildman–Crippen MR) is 51.2 cm³/mol. The number of nitrogens with zero attached hydrogens (tertiary/aromatic N) is 2. The second-order valence-corrected chi connectivity index (χ2v) is 3.34. The van der Waals surface area contributed by atoms with E-state index in [2.05, 4.69) is 9.97 Å². The first-order valence-electron chi connectivity index (χ1n) is 3.77. The van der Waals surface area contributed by atoms with Crippen molar-refractivity contribution in [3.8, 4) is 0 Å². The Hall–Kier alpha value is -0.610. The van der Waals surface area contributed by atoms with Crippen molar-refractivity contribution >= 4 is 11.8 Å². The van der Waals surface area contributed by atoms with Gasteiger partial charge in [-0.2, -0.15) is 0 Å². The summed E-state index contributed by atoms with van der Waals surface area (Å²) in [5.41, 5.74) is 7.64. The highest BCUT2D eigenvalue weighted by Gasteiger charge is 2.06. The van der Waals surface area contributed by atoms with Gasteiger partial charge < -0.3 is 5.73 Å². The molecule has 3 nitrogen and oxygen atoms in total. The fraction of sp³-hybridized carbons (Fsp3) is 0.500. The number of thioether (sulfide) groups is 1. The summed E-state index contributed by atoms with van der Waals surface area (Å²) in [5.74, 6) is 0.814. The summed E-state index contributed by atoms with van der Waals surface area (Å²) in [4.78, 5) is 8.54. The summed E-state index contributed by atoms with van der Waals surface area (Å²) in [6.45, 7) is 4.38. The highest BCUT2D eigenvalue weighted by molar-refractivity contribution is 7.98. The zero-order valence-electron chi connectivity index (χ0n) is 7.59. The molecular weight excluding hydrogens is 170 g/mol. The standard InChI is InChI=1S/C8H13N3S/c1-5-7(4-9)8(12-3)11-6(2)10-5/h4,9H2,1-3H3. The van der Waals surface area contributed by atoms with Crippen molar-refractivity contribution < 1.29 is 0 Å². The second-order valence-electron chi connectivity index (χ2n) is 2.55. The van der Waals surface area contributed by atoms with Crippen molar-refractivity contribution in [1.82, 2.24) is 9.97 Å². The molecule has 0 bridgehead atoms. The van der Waals surface area contributed by atoms with Crippen molar-refractivity contribution in [3.05, 3.63) is 17.1 Å². The van der Waals surface area contributed by atoms with E-state index in [1.807, 2.05) is 20.1 Å². The molecular formula is C8H13N3S. The van der Waals surface area contributed by atoms with Crippen LogP contribution in [0.2, 0.25) is 0 Å². The Morgan fingerprint density at radius 2 is 2.00 bits per heavy atom. The van der Waals surface area contributed by atoms with E-state index in [9.17, 15) is 0 Å². The van der Waals surface area contributed by atoms with Crippen LogP contribution in [0.3, 0.4) is 0 Å². The minimum atomic E-state index is 0.516. The predicted octanol–water partition coefficient (Wildman–Crippen LogP) is 1.27. The molecule has 0 amide bonds. The lowest BCUT2D eigenvalue weighted by molar-refractivity contribution is 0.857. The van der Waals surface area contributed by atoms with Gasteiger partial charge >= 0.3 is 0 Å². The SMILES string of the molecule is CSc1nc(C)nc(C)c1CN. The quantitative estimate of drug-likeness (QED) is 0.554. The maximum absolute atomic E-state index is 5.58. The number of aromatic nitrogens is 2. The minimum Gasteiger partial charge on any atom is -0.326 e. The van der Waals surface area contributed by atoms with E-state index in [0.717, 1.165) is 22.1 Å². The summed E-state index contributed by atoms with van der Waals surface area (Å²) in [6.07, 6.45) is 2.00. The summed E-state index contributed by atoms with van der Waals surface area (Å²) < 4.78 is 0. The summed E-state index contributed by atoms with van der Waals surface area (Å²) in [5, 5.41) is 1.00. The zero-order chi connectivity index (χ0) is 9.14. The largest absolute Gasteiger partial charge is 0.326 e. The average Bonchev–Trinajstić information content (AvgIpc) is 2.03. The molecule has 0 fully saturated rings. The van der Waals surface area contributed by atoms with Crippen LogP contribution in [0.1, 0.15) is 17.1 Å². The van der Waals surface area contributed by atoms with E-state index < -0.39 is 0 Å². The Bertz CT molecular complexity index is 286. The third kappa shape index (κ3) is 1.76. The van der Waals surface area contributed by atoms with Crippen molar-refractivity contribution in [2.75, 3.05) is 6.26 Å². The first-order chi connectivity index (χ1) is 5.69. The van der Waals surface area contributed by atoms with Crippen LogP contribution in [-0.4, -0.2) is 16.2 Å². The molecule has 0 saturated carbocycles. The maximum atomic E-state index is 5.58. The maximum Gasteiger partial charge on any atom is 0.126 e. The van der Waals surface area contributed by atoms with Gasteiger partial charge in [-0.05, 0) is 20.1 Å². The highest BCUT2D eigenvalue weighted by Crippen LogP contribution is 2.19. The van der Waals surface area contributed by atoms with Gasteiger partial charge in [-0.3, -0.25) is 0 Å². The van der Waals surface area contributed by atoms with E-state index in [1.165, 1.54) is 0 Å². The Morgan fingerprint density at radius 1 is 1.33 bits per heavy atom. The minimum absolute atomic E-state index is 0.516. The zero-order valence-corrected chi connectivity index (χ0v) is 8.40. The van der Waals surface area contributed by atoms with Gasteiger partial charge in [0, 0.05) is 17.8 Å². The van der Waals surface area contributed by atoms with E-state index >= 15 is 0 Å². The summed E-state index contributed by atoms with van der Waals surface area (Å²) in [6, 6.07) is 0. The fourth-order valence-corrected chi connectivity index (χ4v) is 1.81. The van der Waals surface area contributed by atoms with Crippen LogP contribution >= 0.6 is 11.8 Å². The molecule has 0 aromatic carbocycles. The summed E-state index contributed by atoms with van der Waals surface area (Å²) in [7, 11) is 0. The van der Waals surface area contributed by atoms with Crippen molar-refractivity contribution in [2.24, 2.45) is 5.73 Å². The van der Waals surface area contributed by atoms with Gasteiger partial charge in [-0.15, -0.1) is 11.8 Å². The molecule has 12 heavy (non-hydrogen) atoms. The lowest BCUT2D eigenvalue weighted by Gasteiger charge is -2.07. The molecule has 4 heteroatoms. The van der Waals surface area contributed by atoms with Crippen molar-refractivity contribution in [3.63, 3.8) is 0 Å². The molecule has 0 unspecified atom stereocenters. The Balaban J connectivity index is 3.24. The average molecular weight is 183 g/mol. The highest BCUT2D eigenvalue weighted by atomic mass is 32.2. The van der Waals surface area contributed by atoms with Crippen LogP contribution in [0.25, 0.3) is 0 Å². The Morgan fingerprint density at radius 3 is 2.50 bits per heavy atom. The van der Waals surface area contributed by atoms with Gasteiger partial charge in [0.25, 0.3) is 0 Å². The monoisotopic (exact) mass is 183 g/mol. The van der Waals surface area contributed by atoms with Gasteiger partial charge in [-0.25, -0.2) is 9.97 Å². The molecule has 1 rings (SSSR count). The Labute approximate surface area is 76.8 Å². The van der Waals surface area contributed by atoms with Gasteiger partial charge in [0.05, 0.1) is 0 Å². The molecule has 0 radical (unpaired) electrons. The topological polar surface area (TPSA) is 51.8 Å². The molecule has 0 aliphatic heterocycles. The first kappa shape index (κ1) is 9.48. The molecule has 0 atom stereocenters. The fourth-order valence-electron chi connectivity index (χ4n) is 1.11. The lowest BCUT2D eigenvalue weighted by atomic mass is 10.2. The molecule has 66 valence electrons. The third-order valence-corrected chi connectivity index (χ3v) is 2.41. The smallest absolute Gasteiger partial charge is 0.126 e. The molecule has 0 aliphatic rings. The molecule has 0 saturated heterocycles. The van der Waals surface area contributed by atoms with Crippen LogP contribution in [-0.2, 0) is 6.54 Å². The lowest BCUT2D eigenvalue weighted by Crippen LogP contribution is -2.06. The van der Waals surface area contributed by atoms with Crippen LogP contribution < -0.4 is 5.73 Å². The normalized spacial score (nSPS) is 10.3. The van der Waals surface area contributed by atoms with Crippen molar-refractivity contribution in [2.45, 2.75) is 25.4 Å². The molecule has 0 aliphatic carbocycles. The summed E-state index contributed by atoms with van der Waals surface area (Å²) >= 11 is 1.62. The number of nitrogens with two attached hydrogens (primary N) is 1. The van der Waals surface area contributed by atoms with E-state index in [4.69, 9.17) is 5.73 Å². The van der Waals surface area contributed by atoms with E-state index in [0.29, 0.717) is 6.54 Å². The number of hydrogen-bond acceptors (Lipinski definition) is 4. The first-order valence-corrected chi connectivity index (χ1v) is 4.99. The number of rotatable bonds is 2. The van der Waals surface area contributed by atoms with E-state index in [1.54, 1.807) is 11.8 Å². The Kier molecular flexibility index (Phi) is 3.05. The molecule has 0 spiro atoms. The van der Waals surface area contributed by atoms with Gasteiger partial charge in [-0.1, -0.05) is 0 Å². The van der Waals surface area contributed by atoms with Crippen molar-refractivity contribution in [1.29, 1.82) is 0 Å².